The summed E-state index contributed by atoms with van der Waals surface area (Å²) in [5, 5.41) is 0. The predicted molar refractivity (Wildman–Crippen MR) is 5.75 cm³/mol. The molecule has 0 aromatic rings. The molecule has 0 aromatic carbocycles. The van der Waals surface area contributed by atoms with Crippen molar-refractivity contribution in [3.8, 4) is 0 Å². The quantitative estimate of drug-likeness (QED) is 0.382. The van der Waals surface area contributed by atoms with Gasteiger partial charge >= 0.3 is 86.6 Å². The summed E-state index contributed by atoms with van der Waals surface area (Å²) in [6.45, 7) is 0. The molecule has 0 fully saturated rings. The van der Waals surface area contributed by atoms with Crippen molar-refractivity contribution in [1.29, 1.82) is 0 Å². The Labute approximate surface area is 130 Å². The van der Waals surface area contributed by atoms with Crippen molar-refractivity contribution >= 4 is 48.9 Å². The second-order valence-corrected chi connectivity index (χ2v) is 0. The van der Waals surface area contributed by atoms with Gasteiger partial charge in [0, 0.05) is 0 Å². The van der Waals surface area contributed by atoms with Gasteiger partial charge in [0.1, 0.15) is 0 Å². The smallest absolute Gasteiger partial charge is 1.00 e. The number of rotatable bonds is 0. The van der Waals surface area contributed by atoms with Crippen LogP contribution in [-0.4, -0.2) is 48.9 Å². The second kappa shape index (κ2) is 35.9. The van der Waals surface area contributed by atoms with Crippen molar-refractivity contribution in [2.45, 2.75) is 0 Å². The first-order valence-corrected chi connectivity index (χ1v) is 0. The zero-order valence-electron chi connectivity index (χ0n) is 3.84. The molecule has 0 heterocycles. The van der Waals surface area contributed by atoms with E-state index in [1.54, 1.807) is 0 Å². The Bertz CT molecular complexity index is 11.5. The van der Waals surface area contributed by atoms with Crippen LogP contribution in [0.4, 0.5) is 0 Å². The van der Waals surface area contributed by atoms with E-state index < -0.39 is 0 Å². The molecule has 6 heteroatoms. The molecule has 0 nitrogen and oxygen atoms in total. The summed E-state index contributed by atoms with van der Waals surface area (Å²) < 4.78 is 0. The molecule has 0 spiro atoms. The number of hydrogen-bond donors (Lipinski definition) is 0. The third kappa shape index (κ3) is 24.5. The van der Waals surface area contributed by atoms with Crippen molar-refractivity contribution < 1.29 is 84.1 Å². The van der Waals surface area contributed by atoms with E-state index >= 15 is 0 Å². The Hall–Kier alpha value is 4.02. The van der Waals surface area contributed by atoms with E-state index in [4.69, 9.17) is 0 Å². The van der Waals surface area contributed by atoms with Crippen LogP contribution in [-0.2, 0) is 0 Å². The molecule has 0 bridgehead atoms. The van der Waals surface area contributed by atoms with Gasteiger partial charge in [-0.05, 0) is 0 Å². The van der Waals surface area contributed by atoms with Gasteiger partial charge in [-0.1, -0.05) is 0 Å². The molecule has 0 aliphatic carbocycles. The van der Waals surface area contributed by atoms with Crippen LogP contribution < -0.4 is 84.1 Å². The molecule has 6 heavy (non-hydrogen) atoms. The van der Waals surface area contributed by atoms with Gasteiger partial charge < -0.3 is 46.4 Å². The molecule has 0 saturated carbocycles. The van der Waals surface area contributed by atoms with E-state index in [2.05, 4.69) is 0 Å². The van der Waals surface area contributed by atoms with Crippen LogP contribution in [0.2, 0.25) is 0 Å². The summed E-state index contributed by atoms with van der Waals surface area (Å²) in [6.07, 6.45) is 0. The Balaban J connectivity index is 0. The van der Waals surface area contributed by atoms with Crippen LogP contribution in [0, 0.1) is 0 Å². The summed E-state index contributed by atoms with van der Waals surface area (Å²) in [5.41, 5.74) is 0. The standard InChI is InChI=1S/Ba.2BrH.ClH.2Li/h;3*1H;;/q+2;;;;2*+1/p-3. The van der Waals surface area contributed by atoms with Crippen molar-refractivity contribution in [2.24, 2.45) is 0 Å². The van der Waals surface area contributed by atoms with E-state index in [-0.39, 0.29) is 133 Å². The van der Waals surface area contributed by atoms with Crippen molar-refractivity contribution in [1.82, 2.24) is 0 Å². The maximum absolute atomic E-state index is 0. The molecule has 0 aromatic heterocycles. The van der Waals surface area contributed by atoms with Gasteiger partial charge in [-0.15, -0.1) is 0 Å². The molecule has 24 valence electrons. The maximum atomic E-state index is 0. The molecule has 0 aliphatic rings. The normalized spacial score (nSPS) is 0. The minimum Gasteiger partial charge on any atom is -1.00 e. The van der Waals surface area contributed by atoms with E-state index in [1.165, 1.54) is 0 Å². The summed E-state index contributed by atoms with van der Waals surface area (Å²) in [7, 11) is 0. The first-order chi connectivity index (χ1) is 0. The fraction of sp³-hybridized carbons (Fsp3) is 0. The molecular formula is BaBr2ClLi2+. The van der Waals surface area contributed by atoms with E-state index in [0.29, 0.717) is 0 Å². The van der Waals surface area contributed by atoms with E-state index in [9.17, 15) is 0 Å². The molecule has 0 radical (unpaired) electrons. The van der Waals surface area contributed by atoms with Gasteiger partial charge in [0.15, 0.2) is 0 Å². The summed E-state index contributed by atoms with van der Waals surface area (Å²) in [4.78, 5) is 0. The SMILES string of the molecule is [Ba+2].[Br-].[Br-].[Cl-].[Li+].[Li+]. The van der Waals surface area contributed by atoms with Crippen molar-refractivity contribution in [3.63, 3.8) is 0 Å². The van der Waals surface area contributed by atoms with Crippen LogP contribution in [0.3, 0.4) is 0 Å². The van der Waals surface area contributed by atoms with Crippen molar-refractivity contribution in [2.75, 3.05) is 0 Å². The Morgan fingerprint density at radius 2 is 0.667 bits per heavy atom. The van der Waals surface area contributed by atoms with Crippen LogP contribution >= 0.6 is 0 Å². The van der Waals surface area contributed by atoms with Gasteiger partial charge in [-0.25, -0.2) is 0 Å². The van der Waals surface area contributed by atoms with Crippen molar-refractivity contribution in [3.05, 3.63) is 0 Å². The third-order valence-electron chi connectivity index (χ3n) is 0. The van der Waals surface area contributed by atoms with Gasteiger partial charge in [-0.2, -0.15) is 0 Å². The fourth-order valence-electron chi connectivity index (χ4n) is 0. The minimum atomic E-state index is 0. The first-order valence-electron chi connectivity index (χ1n) is 0. The van der Waals surface area contributed by atoms with Crippen LogP contribution in [0.1, 0.15) is 0 Å². The van der Waals surface area contributed by atoms with Crippen LogP contribution in [0.15, 0.2) is 0 Å². The Kier molecular flexibility index (Phi) is 302. The summed E-state index contributed by atoms with van der Waals surface area (Å²) >= 11 is 0. The molecule has 0 saturated heterocycles. The summed E-state index contributed by atoms with van der Waals surface area (Å²) in [6, 6.07) is 0. The average molecular weight is 346 g/mol. The minimum absolute atomic E-state index is 0. The molecule has 0 aliphatic heterocycles. The van der Waals surface area contributed by atoms with Gasteiger partial charge in [0.05, 0.1) is 0 Å². The van der Waals surface area contributed by atoms with Gasteiger partial charge in [0.25, 0.3) is 0 Å². The zero-order chi connectivity index (χ0) is 0. The van der Waals surface area contributed by atoms with Gasteiger partial charge in [-0.3, -0.25) is 0 Å². The third-order valence-corrected chi connectivity index (χ3v) is 0. The largest absolute Gasteiger partial charge is 2.00 e. The average Bonchev–Trinajstić information content (AvgIpc) is 0. The van der Waals surface area contributed by atoms with E-state index in [0.717, 1.165) is 0 Å². The predicted octanol–water partition coefficient (Wildman–Crippen LogP) is -15.4. The van der Waals surface area contributed by atoms with Crippen LogP contribution in [0.25, 0.3) is 0 Å². The molecule has 0 N–H and O–H groups in total. The first kappa shape index (κ1) is 50.5. The van der Waals surface area contributed by atoms with Gasteiger partial charge in [0.2, 0.25) is 0 Å². The molecule has 0 amide bonds. The van der Waals surface area contributed by atoms with E-state index in [1.807, 2.05) is 0 Å². The fourth-order valence-corrected chi connectivity index (χ4v) is 0. The molecular weight excluding hydrogens is 346 g/mol. The van der Waals surface area contributed by atoms with Crippen LogP contribution in [0.5, 0.6) is 0 Å². The monoisotopic (exact) mass is 345 g/mol. The Morgan fingerprint density at radius 1 is 0.667 bits per heavy atom. The molecule has 0 atom stereocenters. The topological polar surface area (TPSA) is 0 Å². The number of halogens is 3. The Morgan fingerprint density at radius 3 is 0.667 bits per heavy atom. The molecule has 0 unspecified atom stereocenters. The second-order valence-electron chi connectivity index (χ2n) is 0. The summed E-state index contributed by atoms with van der Waals surface area (Å²) in [5.74, 6) is 0. The maximum Gasteiger partial charge on any atom is 2.00 e. The number of hydrogen-bond acceptors (Lipinski definition) is 0. The zero-order valence-corrected chi connectivity index (χ0v) is 12.2. The molecule has 0 rings (SSSR count).